The molecule has 0 saturated heterocycles. The van der Waals surface area contributed by atoms with Crippen LogP contribution in [0.1, 0.15) is 30.9 Å². The summed E-state index contributed by atoms with van der Waals surface area (Å²) in [7, 11) is 0. The van der Waals surface area contributed by atoms with E-state index in [4.69, 9.17) is 0 Å². The quantitative estimate of drug-likeness (QED) is 0.834. The molecule has 0 bridgehead atoms. The molecule has 2 aromatic carbocycles. The van der Waals surface area contributed by atoms with E-state index in [0.717, 1.165) is 24.9 Å². The Morgan fingerprint density at radius 3 is 2.20 bits per heavy atom. The highest BCUT2D eigenvalue weighted by Crippen LogP contribution is 2.12. The molecule has 20 heavy (non-hydrogen) atoms. The summed E-state index contributed by atoms with van der Waals surface area (Å²) < 4.78 is 0. The maximum atomic E-state index is 11.9. The van der Waals surface area contributed by atoms with Gasteiger partial charge in [0.2, 0.25) is 5.91 Å². The van der Waals surface area contributed by atoms with Crippen molar-refractivity contribution in [2.24, 2.45) is 0 Å². The van der Waals surface area contributed by atoms with Crippen molar-refractivity contribution < 1.29 is 4.79 Å². The van der Waals surface area contributed by atoms with Gasteiger partial charge in [-0.25, -0.2) is 0 Å². The minimum Gasteiger partial charge on any atom is -0.326 e. The minimum atomic E-state index is 0.0668. The third-order valence-corrected chi connectivity index (χ3v) is 3.26. The Labute approximate surface area is 120 Å². The van der Waals surface area contributed by atoms with E-state index < -0.39 is 0 Å². The number of aryl methyl sites for hydroxylation is 2. The van der Waals surface area contributed by atoms with Crippen LogP contribution in [0, 0.1) is 0 Å². The molecule has 0 aliphatic rings. The fourth-order valence-corrected chi connectivity index (χ4v) is 2.17. The SMILES string of the molecule is CCCc1ccc(NC(=O)CCc2ccccc2)cc1. The van der Waals surface area contributed by atoms with Crippen LogP contribution in [-0.2, 0) is 17.6 Å². The van der Waals surface area contributed by atoms with Gasteiger partial charge in [0.1, 0.15) is 0 Å². The van der Waals surface area contributed by atoms with Gasteiger partial charge in [-0.05, 0) is 36.1 Å². The van der Waals surface area contributed by atoms with Crippen LogP contribution in [0.15, 0.2) is 54.6 Å². The van der Waals surface area contributed by atoms with Crippen molar-refractivity contribution in [1.82, 2.24) is 0 Å². The van der Waals surface area contributed by atoms with Gasteiger partial charge < -0.3 is 5.32 Å². The van der Waals surface area contributed by atoms with E-state index in [1.165, 1.54) is 11.1 Å². The lowest BCUT2D eigenvalue weighted by Gasteiger charge is -2.06. The molecule has 104 valence electrons. The van der Waals surface area contributed by atoms with Crippen molar-refractivity contribution in [3.8, 4) is 0 Å². The van der Waals surface area contributed by atoms with Gasteiger partial charge in [-0.3, -0.25) is 4.79 Å². The predicted octanol–water partition coefficient (Wildman–Crippen LogP) is 4.21. The molecular weight excluding hydrogens is 246 g/mol. The van der Waals surface area contributed by atoms with Crippen molar-refractivity contribution in [2.75, 3.05) is 5.32 Å². The molecule has 2 rings (SSSR count). The van der Waals surface area contributed by atoms with E-state index >= 15 is 0 Å². The van der Waals surface area contributed by atoms with E-state index in [1.54, 1.807) is 0 Å². The van der Waals surface area contributed by atoms with E-state index in [9.17, 15) is 4.79 Å². The smallest absolute Gasteiger partial charge is 0.224 e. The first kappa shape index (κ1) is 14.3. The first-order valence-electron chi connectivity index (χ1n) is 7.20. The van der Waals surface area contributed by atoms with E-state index in [-0.39, 0.29) is 5.91 Å². The third kappa shape index (κ3) is 4.54. The predicted molar refractivity (Wildman–Crippen MR) is 83.8 cm³/mol. The highest BCUT2D eigenvalue weighted by atomic mass is 16.1. The molecule has 0 aliphatic heterocycles. The third-order valence-electron chi connectivity index (χ3n) is 3.26. The second-order valence-electron chi connectivity index (χ2n) is 4.98. The molecule has 1 amide bonds. The number of carbonyl (C=O) groups excluding carboxylic acids is 1. The fourth-order valence-electron chi connectivity index (χ4n) is 2.17. The molecule has 0 aliphatic carbocycles. The van der Waals surface area contributed by atoms with Gasteiger partial charge in [0.25, 0.3) is 0 Å². The Bertz CT molecular complexity index is 531. The Balaban J connectivity index is 1.82. The van der Waals surface area contributed by atoms with Crippen LogP contribution >= 0.6 is 0 Å². The normalized spacial score (nSPS) is 10.2. The number of benzene rings is 2. The molecule has 0 unspecified atom stereocenters. The summed E-state index contributed by atoms with van der Waals surface area (Å²) >= 11 is 0. The number of carbonyl (C=O) groups is 1. The summed E-state index contributed by atoms with van der Waals surface area (Å²) in [4.78, 5) is 11.9. The highest BCUT2D eigenvalue weighted by molar-refractivity contribution is 5.90. The lowest BCUT2D eigenvalue weighted by Crippen LogP contribution is -2.12. The average molecular weight is 267 g/mol. The number of nitrogens with one attached hydrogen (secondary N) is 1. The number of hydrogen-bond donors (Lipinski definition) is 1. The monoisotopic (exact) mass is 267 g/mol. The van der Waals surface area contributed by atoms with Crippen LogP contribution in [0.25, 0.3) is 0 Å². The van der Waals surface area contributed by atoms with Crippen molar-refractivity contribution in [3.63, 3.8) is 0 Å². The zero-order valence-corrected chi connectivity index (χ0v) is 11.9. The van der Waals surface area contributed by atoms with Gasteiger partial charge in [0.05, 0.1) is 0 Å². The highest BCUT2D eigenvalue weighted by Gasteiger charge is 2.03. The van der Waals surface area contributed by atoms with Crippen LogP contribution in [0.4, 0.5) is 5.69 Å². The van der Waals surface area contributed by atoms with E-state index in [1.807, 2.05) is 42.5 Å². The molecule has 0 heterocycles. The molecule has 2 aromatic rings. The fraction of sp³-hybridized carbons (Fsp3) is 0.278. The largest absolute Gasteiger partial charge is 0.326 e. The maximum absolute atomic E-state index is 11.9. The van der Waals surface area contributed by atoms with Crippen molar-refractivity contribution in [3.05, 3.63) is 65.7 Å². The minimum absolute atomic E-state index is 0.0668. The van der Waals surface area contributed by atoms with Gasteiger partial charge in [-0.1, -0.05) is 55.8 Å². The topological polar surface area (TPSA) is 29.1 Å². The number of rotatable bonds is 6. The zero-order chi connectivity index (χ0) is 14.2. The Hall–Kier alpha value is -2.09. The number of hydrogen-bond acceptors (Lipinski definition) is 1. The number of amides is 1. The summed E-state index contributed by atoms with van der Waals surface area (Å²) in [5, 5.41) is 2.94. The Morgan fingerprint density at radius 2 is 1.55 bits per heavy atom. The Kier molecular flexibility index (Phi) is 5.36. The van der Waals surface area contributed by atoms with Gasteiger partial charge in [-0.15, -0.1) is 0 Å². The van der Waals surface area contributed by atoms with Crippen LogP contribution < -0.4 is 5.32 Å². The molecular formula is C18H21NO. The number of anilines is 1. The van der Waals surface area contributed by atoms with E-state index in [2.05, 4.69) is 24.4 Å². The first-order chi connectivity index (χ1) is 9.78. The lowest BCUT2D eigenvalue weighted by atomic mass is 10.1. The molecule has 0 radical (unpaired) electrons. The second kappa shape index (κ2) is 7.49. The van der Waals surface area contributed by atoms with Gasteiger partial charge >= 0.3 is 0 Å². The zero-order valence-electron chi connectivity index (χ0n) is 11.9. The molecule has 0 spiro atoms. The van der Waals surface area contributed by atoms with Crippen molar-refractivity contribution >= 4 is 11.6 Å². The molecule has 0 saturated carbocycles. The summed E-state index contributed by atoms with van der Waals surface area (Å²) in [6.07, 6.45) is 3.52. The van der Waals surface area contributed by atoms with Crippen LogP contribution in [0.2, 0.25) is 0 Å². The van der Waals surface area contributed by atoms with Crippen LogP contribution in [0.5, 0.6) is 0 Å². The maximum Gasteiger partial charge on any atom is 0.224 e. The van der Waals surface area contributed by atoms with Crippen LogP contribution in [0.3, 0.4) is 0 Å². The molecule has 1 N–H and O–H groups in total. The average Bonchev–Trinajstić information content (AvgIpc) is 2.49. The molecule has 0 aromatic heterocycles. The van der Waals surface area contributed by atoms with Crippen molar-refractivity contribution in [1.29, 1.82) is 0 Å². The Morgan fingerprint density at radius 1 is 0.900 bits per heavy atom. The summed E-state index contributed by atoms with van der Waals surface area (Å²) in [5.74, 6) is 0.0668. The molecule has 0 fully saturated rings. The van der Waals surface area contributed by atoms with Gasteiger partial charge in [-0.2, -0.15) is 0 Å². The summed E-state index contributed by atoms with van der Waals surface area (Å²) in [6.45, 7) is 2.17. The molecule has 2 heteroatoms. The second-order valence-corrected chi connectivity index (χ2v) is 4.98. The lowest BCUT2D eigenvalue weighted by molar-refractivity contribution is -0.116. The first-order valence-corrected chi connectivity index (χ1v) is 7.20. The van der Waals surface area contributed by atoms with Gasteiger partial charge in [0.15, 0.2) is 0 Å². The standard InChI is InChI=1S/C18H21NO/c1-2-6-15-9-12-17(13-10-15)19-18(20)14-11-16-7-4-3-5-8-16/h3-5,7-10,12-13H,2,6,11,14H2,1H3,(H,19,20). The van der Waals surface area contributed by atoms with Crippen molar-refractivity contribution in [2.45, 2.75) is 32.6 Å². The molecule has 0 atom stereocenters. The summed E-state index contributed by atoms with van der Waals surface area (Å²) in [5.41, 5.74) is 3.39. The van der Waals surface area contributed by atoms with E-state index in [0.29, 0.717) is 6.42 Å². The van der Waals surface area contributed by atoms with Gasteiger partial charge in [0, 0.05) is 12.1 Å². The van der Waals surface area contributed by atoms with Crippen LogP contribution in [-0.4, -0.2) is 5.91 Å². The molecule has 2 nitrogen and oxygen atoms in total. The summed E-state index contributed by atoms with van der Waals surface area (Å²) in [6, 6.07) is 18.2.